The van der Waals surface area contributed by atoms with Gasteiger partial charge in [-0.05, 0) is 13.3 Å². The molecule has 0 spiro atoms. The van der Waals surface area contributed by atoms with Gasteiger partial charge in [-0.2, -0.15) is 0 Å². The van der Waals surface area contributed by atoms with Crippen molar-refractivity contribution >= 4 is 28.7 Å². The third-order valence-electron chi connectivity index (χ3n) is 1.97. The predicted molar refractivity (Wildman–Crippen MR) is 53.5 cm³/mol. The Morgan fingerprint density at radius 1 is 1.67 bits per heavy atom. The first kappa shape index (κ1) is 10.1. The molecule has 1 heterocycles. The van der Waals surface area contributed by atoms with Crippen LogP contribution in [-0.4, -0.2) is 22.3 Å². The van der Waals surface area contributed by atoms with Gasteiger partial charge in [0, 0.05) is 10.3 Å². The minimum Gasteiger partial charge on any atom is -0.431 e. The normalized spacial score (nSPS) is 32.1. The number of ether oxygens (including phenoxy) is 2. The lowest BCUT2D eigenvalue weighted by atomic mass is 10.1. The quantitative estimate of drug-likeness (QED) is 0.444. The maximum absolute atomic E-state index is 10.9. The number of halogens is 1. The summed E-state index contributed by atoms with van der Waals surface area (Å²) in [5, 5.41) is 0. The molecule has 0 aromatic carbocycles. The molecule has 0 aromatic rings. The van der Waals surface area contributed by atoms with Crippen molar-refractivity contribution in [2.24, 2.45) is 0 Å². The van der Waals surface area contributed by atoms with Crippen LogP contribution in [0.1, 0.15) is 26.7 Å². The summed E-state index contributed by atoms with van der Waals surface area (Å²) >= 11 is 2.27. The number of rotatable bonds is 2. The number of carbonyl (C=O) groups excluding carboxylic acids is 1. The van der Waals surface area contributed by atoms with Crippen molar-refractivity contribution in [3.05, 3.63) is 0 Å². The van der Waals surface area contributed by atoms with Crippen molar-refractivity contribution in [3.63, 3.8) is 0 Å². The van der Waals surface area contributed by atoms with Gasteiger partial charge in [0.1, 0.15) is 12.2 Å². The lowest BCUT2D eigenvalue weighted by molar-refractivity contribution is -0.0582. The highest BCUT2D eigenvalue weighted by molar-refractivity contribution is 14.1. The van der Waals surface area contributed by atoms with Crippen LogP contribution in [0.3, 0.4) is 0 Å². The first-order valence-corrected chi connectivity index (χ1v) is 5.39. The number of hydrogen-bond donors (Lipinski definition) is 0. The fraction of sp³-hybridized carbons (Fsp3) is 0.875. The fourth-order valence-corrected chi connectivity index (χ4v) is 1.61. The molecule has 0 unspecified atom stereocenters. The Morgan fingerprint density at radius 3 is 2.83 bits per heavy atom. The van der Waals surface area contributed by atoms with Gasteiger partial charge in [-0.15, -0.1) is 0 Å². The largest absolute Gasteiger partial charge is 0.508 e. The van der Waals surface area contributed by atoms with Crippen molar-refractivity contribution in [1.29, 1.82) is 0 Å². The van der Waals surface area contributed by atoms with Gasteiger partial charge in [0.15, 0.2) is 0 Å². The van der Waals surface area contributed by atoms with E-state index in [1.165, 1.54) is 0 Å². The van der Waals surface area contributed by atoms with E-state index in [0.29, 0.717) is 3.92 Å². The van der Waals surface area contributed by atoms with E-state index in [1.807, 2.05) is 13.8 Å². The zero-order chi connectivity index (χ0) is 9.14. The summed E-state index contributed by atoms with van der Waals surface area (Å²) in [5.41, 5.74) is 0. The lowest BCUT2D eigenvalue weighted by Gasteiger charge is -2.29. The molecule has 1 fully saturated rings. The molecule has 1 rings (SSSR count). The molecule has 0 amide bonds. The Kier molecular flexibility index (Phi) is 3.61. The van der Waals surface area contributed by atoms with E-state index in [4.69, 9.17) is 9.47 Å². The van der Waals surface area contributed by atoms with Crippen molar-refractivity contribution in [2.75, 3.05) is 0 Å². The summed E-state index contributed by atoms with van der Waals surface area (Å²) in [6, 6.07) is 0. The van der Waals surface area contributed by atoms with E-state index in [2.05, 4.69) is 22.6 Å². The zero-order valence-electron chi connectivity index (χ0n) is 7.25. The van der Waals surface area contributed by atoms with E-state index < -0.39 is 6.16 Å². The highest BCUT2D eigenvalue weighted by Crippen LogP contribution is 2.23. The highest BCUT2D eigenvalue weighted by atomic mass is 127. The molecular formula is C8H13IO3. The van der Waals surface area contributed by atoms with Crippen molar-refractivity contribution in [1.82, 2.24) is 0 Å². The van der Waals surface area contributed by atoms with Gasteiger partial charge in [-0.3, -0.25) is 0 Å². The molecule has 0 bridgehead atoms. The van der Waals surface area contributed by atoms with Crippen LogP contribution in [0.5, 0.6) is 0 Å². The molecule has 0 N–H and O–H groups in total. The van der Waals surface area contributed by atoms with Crippen LogP contribution < -0.4 is 0 Å². The summed E-state index contributed by atoms with van der Waals surface area (Å²) in [7, 11) is 0. The van der Waals surface area contributed by atoms with E-state index in [1.54, 1.807) is 0 Å². The molecule has 1 aliphatic rings. The molecule has 0 aromatic heterocycles. The van der Waals surface area contributed by atoms with Gasteiger partial charge in [0.05, 0.1) is 0 Å². The maximum Gasteiger partial charge on any atom is 0.508 e. The SMILES string of the molecule is CC[C@@H]1C[C@@H]([C@@H](C)I)OC(=O)O1. The molecule has 3 atom stereocenters. The number of alkyl halides is 1. The molecular weight excluding hydrogens is 271 g/mol. The first-order valence-electron chi connectivity index (χ1n) is 4.14. The van der Waals surface area contributed by atoms with Gasteiger partial charge in [0.25, 0.3) is 0 Å². The lowest BCUT2D eigenvalue weighted by Crippen LogP contribution is -2.37. The summed E-state index contributed by atoms with van der Waals surface area (Å²) in [6.07, 6.45) is 1.26. The van der Waals surface area contributed by atoms with Gasteiger partial charge >= 0.3 is 6.16 Å². The molecule has 3 nitrogen and oxygen atoms in total. The Morgan fingerprint density at radius 2 is 2.33 bits per heavy atom. The summed E-state index contributed by atoms with van der Waals surface area (Å²) in [4.78, 5) is 10.9. The molecule has 1 aliphatic heterocycles. The molecule has 1 saturated heterocycles. The summed E-state index contributed by atoms with van der Waals surface area (Å²) < 4.78 is 10.3. The Hall–Kier alpha value is 0. The Labute approximate surface area is 85.9 Å². The Bertz CT molecular complexity index is 170. The molecule has 4 heteroatoms. The van der Waals surface area contributed by atoms with Crippen LogP contribution in [0.15, 0.2) is 0 Å². The van der Waals surface area contributed by atoms with E-state index in [-0.39, 0.29) is 12.2 Å². The van der Waals surface area contributed by atoms with Crippen LogP contribution in [0.4, 0.5) is 4.79 Å². The second-order valence-electron chi connectivity index (χ2n) is 2.97. The van der Waals surface area contributed by atoms with Crippen LogP contribution in [0, 0.1) is 0 Å². The highest BCUT2D eigenvalue weighted by Gasteiger charge is 2.31. The average molecular weight is 284 g/mol. The van der Waals surface area contributed by atoms with Crippen LogP contribution in [-0.2, 0) is 9.47 Å². The van der Waals surface area contributed by atoms with Crippen molar-refractivity contribution in [2.45, 2.75) is 42.8 Å². The molecule has 0 saturated carbocycles. The average Bonchev–Trinajstić information content (AvgIpc) is 2.03. The summed E-state index contributed by atoms with van der Waals surface area (Å²) in [5.74, 6) is 0. The van der Waals surface area contributed by atoms with E-state index >= 15 is 0 Å². The fourth-order valence-electron chi connectivity index (χ4n) is 1.17. The molecule has 0 radical (unpaired) electrons. The van der Waals surface area contributed by atoms with Crippen molar-refractivity contribution in [3.8, 4) is 0 Å². The van der Waals surface area contributed by atoms with E-state index in [0.717, 1.165) is 12.8 Å². The second-order valence-corrected chi connectivity index (χ2v) is 4.93. The molecule has 12 heavy (non-hydrogen) atoms. The predicted octanol–water partition coefficient (Wildman–Crippen LogP) is 2.51. The Balaban J connectivity index is 2.51. The topological polar surface area (TPSA) is 35.5 Å². The van der Waals surface area contributed by atoms with Crippen molar-refractivity contribution < 1.29 is 14.3 Å². The zero-order valence-corrected chi connectivity index (χ0v) is 9.41. The minimum absolute atomic E-state index is 0.0248. The standard InChI is InChI=1S/C8H13IO3/c1-3-6-4-7(5(2)9)12-8(10)11-6/h5-7H,3-4H2,1-2H3/t5-,6-,7+/m1/s1. The third kappa shape index (κ3) is 2.50. The maximum atomic E-state index is 10.9. The van der Waals surface area contributed by atoms with Gasteiger partial charge in [-0.25, -0.2) is 4.79 Å². The van der Waals surface area contributed by atoms with Crippen LogP contribution >= 0.6 is 22.6 Å². The monoisotopic (exact) mass is 284 g/mol. The second kappa shape index (κ2) is 4.30. The number of hydrogen-bond acceptors (Lipinski definition) is 3. The van der Waals surface area contributed by atoms with Gasteiger partial charge in [-0.1, -0.05) is 29.5 Å². The van der Waals surface area contributed by atoms with Crippen LogP contribution in [0.25, 0.3) is 0 Å². The van der Waals surface area contributed by atoms with Gasteiger partial charge in [0.2, 0.25) is 0 Å². The number of carbonyl (C=O) groups is 1. The molecule has 70 valence electrons. The number of cyclic esters (lactones) is 2. The third-order valence-corrected chi connectivity index (χ3v) is 2.78. The van der Waals surface area contributed by atoms with Gasteiger partial charge < -0.3 is 9.47 Å². The first-order chi connectivity index (χ1) is 5.63. The van der Waals surface area contributed by atoms with E-state index in [9.17, 15) is 4.79 Å². The smallest absolute Gasteiger partial charge is 0.431 e. The van der Waals surface area contributed by atoms with Crippen LogP contribution in [0.2, 0.25) is 0 Å². The molecule has 0 aliphatic carbocycles. The minimum atomic E-state index is -0.512. The summed E-state index contributed by atoms with van der Waals surface area (Å²) in [6.45, 7) is 4.05.